The number of halogens is 1. The number of nitrogens with zero attached hydrogens (tertiary/aromatic N) is 3. The molecule has 1 atom stereocenters. The van der Waals surface area contributed by atoms with Crippen molar-refractivity contribution in [1.82, 2.24) is 15.6 Å². The molecule has 1 aliphatic rings. The monoisotopic (exact) mass is 489 g/mol. The number of hydrogen-bond acceptors (Lipinski definition) is 5. The van der Waals surface area contributed by atoms with Crippen molar-refractivity contribution in [3.63, 3.8) is 0 Å². The highest BCUT2D eigenvalue weighted by Gasteiger charge is 2.15. The Morgan fingerprint density at radius 3 is 2.81 bits per heavy atom. The number of rotatable bonds is 6. The van der Waals surface area contributed by atoms with Gasteiger partial charge in [-0.15, -0.1) is 35.3 Å². The van der Waals surface area contributed by atoms with Gasteiger partial charge >= 0.3 is 0 Å². The summed E-state index contributed by atoms with van der Waals surface area (Å²) in [7, 11) is 1.78. The van der Waals surface area contributed by atoms with Crippen LogP contribution in [0, 0.1) is 6.92 Å². The van der Waals surface area contributed by atoms with E-state index in [9.17, 15) is 0 Å². The van der Waals surface area contributed by atoms with Crippen LogP contribution in [0.3, 0.4) is 0 Å². The van der Waals surface area contributed by atoms with Crippen LogP contribution in [0.2, 0.25) is 0 Å². The highest BCUT2D eigenvalue weighted by Crippen LogP contribution is 2.24. The fourth-order valence-electron chi connectivity index (χ4n) is 2.93. The van der Waals surface area contributed by atoms with Crippen LogP contribution >= 0.6 is 35.3 Å². The van der Waals surface area contributed by atoms with Crippen molar-refractivity contribution in [2.24, 2.45) is 4.99 Å². The van der Waals surface area contributed by atoms with Crippen LogP contribution in [0.1, 0.15) is 43.0 Å². The van der Waals surface area contributed by atoms with Crippen LogP contribution in [0.25, 0.3) is 0 Å². The number of furan rings is 1. The van der Waals surface area contributed by atoms with Gasteiger partial charge in [-0.25, -0.2) is 4.98 Å². The number of anilines is 1. The number of guanidine groups is 1. The maximum Gasteiger partial charge on any atom is 0.191 e. The van der Waals surface area contributed by atoms with Gasteiger partial charge in [-0.3, -0.25) is 4.99 Å². The minimum Gasteiger partial charge on any atom is -0.464 e. The molecule has 144 valence electrons. The molecular formula is C18H28IN5OS. The number of nitrogens with one attached hydrogen (secondary N) is 2. The van der Waals surface area contributed by atoms with Crippen molar-refractivity contribution in [2.45, 2.75) is 39.2 Å². The molecule has 1 unspecified atom stereocenters. The number of aliphatic imine (C=N–C) groups is 1. The first-order valence-electron chi connectivity index (χ1n) is 8.88. The number of aromatic nitrogens is 1. The van der Waals surface area contributed by atoms with Crippen molar-refractivity contribution in [1.29, 1.82) is 0 Å². The van der Waals surface area contributed by atoms with Crippen molar-refractivity contribution < 1.29 is 4.42 Å². The molecular weight excluding hydrogens is 461 g/mol. The maximum absolute atomic E-state index is 5.66. The average Bonchev–Trinajstić information content (AvgIpc) is 3.34. The van der Waals surface area contributed by atoms with Gasteiger partial charge in [-0.1, -0.05) is 0 Å². The number of aryl methyl sites for hydroxylation is 1. The zero-order valence-corrected chi connectivity index (χ0v) is 18.8. The molecule has 0 bridgehead atoms. The Labute approximate surface area is 176 Å². The first-order chi connectivity index (χ1) is 12.2. The quantitative estimate of drug-likeness (QED) is 0.368. The molecule has 1 aliphatic heterocycles. The predicted molar refractivity (Wildman–Crippen MR) is 119 cm³/mol. The van der Waals surface area contributed by atoms with Gasteiger partial charge in [0.2, 0.25) is 0 Å². The molecule has 0 aromatic carbocycles. The second-order valence-electron chi connectivity index (χ2n) is 6.38. The Hall–Kier alpha value is -1.29. The molecule has 3 rings (SSSR count). The summed E-state index contributed by atoms with van der Waals surface area (Å²) in [6.07, 6.45) is 3.46. The first kappa shape index (κ1) is 21.0. The lowest BCUT2D eigenvalue weighted by Gasteiger charge is -2.16. The van der Waals surface area contributed by atoms with E-state index in [0.29, 0.717) is 0 Å². The lowest BCUT2D eigenvalue weighted by molar-refractivity contribution is 0.441. The zero-order valence-electron chi connectivity index (χ0n) is 15.6. The second-order valence-corrected chi connectivity index (χ2v) is 7.22. The third-order valence-electron chi connectivity index (χ3n) is 4.35. The fraction of sp³-hybridized carbons (Fsp3) is 0.556. The molecule has 6 nitrogen and oxygen atoms in total. The Bertz CT molecular complexity index is 708. The van der Waals surface area contributed by atoms with Gasteiger partial charge in [0.1, 0.15) is 11.5 Å². The summed E-state index contributed by atoms with van der Waals surface area (Å²) in [6.45, 7) is 7.10. The Kier molecular flexibility index (Phi) is 8.20. The molecule has 26 heavy (non-hydrogen) atoms. The molecule has 1 saturated heterocycles. The first-order valence-corrected chi connectivity index (χ1v) is 9.76. The smallest absolute Gasteiger partial charge is 0.191 e. The van der Waals surface area contributed by atoms with Gasteiger partial charge in [0.05, 0.1) is 11.7 Å². The van der Waals surface area contributed by atoms with Gasteiger partial charge in [-0.2, -0.15) is 0 Å². The summed E-state index contributed by atoms with van der Waals surface area (Å²) in [5, 5.41) is 10.0. The molecule has 0 aliphatic carbocycles. The van der Waals surface area contributed by atoms with Crippen molar-refractivity contribution in [3.05, 3.63) is 34.7 Å². The molecule has 1 fully saturated rings. The molecule has 0 amide bonds. The van der Waals surface area contributed by atoms with Crippen molar-refractivity contribution in [2.75, 3.05) is 31.6 Å². The van der Waals surface area contributed by atoms with E-state index in [2.05, 4.69) is 32.8 Å². The molecule has 0 spiro atoms. The summed E-state index contributed by atoms with van der Waals surface area (Å²) in [5.41, 5.74) is 1.14. The van der Waals surface area contributed by atoms with Crippen LogP contribution < -0.4 is 15.5 Å². The summed E-state index contributed by atoms with van der Waals surface area (Å²) in [4.78, 5) is 11.4. The van der Waals surface area contributed by atoms with Crippen LogP contribution in [0.5, 0.6) is 0 Å². The SMILES string of the molecule is CN=C(NCCc1csc(N2CCCC2)n1)NC(C)c1ccc(C)o1.I. The molecule has 0 saturated carbocycles. The van der Waals surface area contributed by atoms with Crippen LogP contribution in [-0.2, 0) is 6.42 Å². The number of hydrogen-bond donors (Lipinski definition) is 2. The Morgan fingerprint density at radius 2 is 2.15 bits per heavy atom. The third kappa shape index (κ3) is 5.60. The molecule has 2 aromatic heterocycles. The maximum atomic E-state index is 5.66. The van der Waals surface area contributed by atoms with E-state index in [1.807, 2.05) is 19.1 Å². The summed E-state index contributed by atoms with van der Waals surface area (Å²) < 4.78 is 5.66. The molecule has 3 heterocycles. The summed E-state index contributed by atoms with van der Waals surface area (Å²) in [5.74, 6) is 2.61. The molecule has 2 aromatic rings. The lowest BCUT2D eigenvalue weighted by Crippen LogP contribution is -2.39. The van der Waals surface area contributed by atoms with Gasteiger partial charge in [0.15, 0.2) is 11.1 Å². The Morgan fingerprint density at radius 1 is 1.38 bits per heavy atom. The highest BCUT2D eigenvalue weighted by atomic mass is 127. The van der Waals surface area contributed by atoms with Crippen LogP contribution in [-0.4, -0.2) is 37.6 Å². The minimum absolute atomic E-state index is 0. The van der Waals surface area contributed by atoms with E-state index in [0.717, 1.165) is 54.4 Å². The largest absolute Gasteiger partial charge is 0.464 e. The predicted octanol–water partition coefficient (Wildman–Crippen LogP) is 3.73. The molecule has 0 radical (unpaired) electrons. The van der Waals surface area contributed by atoms with E-state index in [1.165, 1.54) is 12.8 Å². The van der Waals surface area contributed by atoms with Gasteiger partial charge < -0.3 is 20.0 Å². The fourth-order valence-corrected chi connectivity index (χ4v) is 3.84. The van der Waals surface area contributed by atoms with Gasteiger partial charge in [0, 0.05) is 38.5 Å². The van der Waals surface area contributed by atoms with Crippen LogP contribution in [0.4, 0.5) is 5.13 Å². The summed E-state index contributed by atoms with van der Waals surface area (Å²) >= 11 is 1.75. The summed E-state index contributed by atoms with van der Waals surface area (Å²) in [6, 6.07) is 4.04. The van der Waals surface area contributed by atoms with Crippen molar-refractivity contribution >= 4 is 46.4 Å². The zero-order chi connectivity index (χ0) is 17.6. The van der Waals surface area contributed by atoms with Crippen LogP contribution in [0.15, 0.2) is 26.9 Å². The standard InChI is InChI=1S/C18H27N5OS.HI/c1-13-6-7-16(24-13)14(2)21-17(19-3)20-9-8-15-12-25-18(22-15)23-10-4-5-11-23;/h6-7,12,14H,4-5,8-11H2,1-3H3,(H2,19,20,21);1H. The van der Waals surface area contributed by atoms with E-state index >= 15 is 0 Å². The topological polar surface area (TPSA) is 65.7 Å². The Balaban J connectivity index is 0.00000243. The highest BCUT2D eigenvalue weighted by molar-refractivity contribution is 14.0. The van der Waals surface area contributed by atoms with Gasteiger partial charge in [-0.05, 0) is 38.8 Å². The van der Waals surface area contributed by atoms with E-state index < -0.39 is 0 Å². The molecule has 2 N–H and O–H groups in total. The van der Waals surface area contributed by atoms with E-state index in [4.69, 9.17) is 9.40 Å². The van der Waals surface area contributed by atoms with E-state index in [-0.39, 0.29) is 30.0 Å². The third-order valence-corrected chi connectivity index (χ3v) is 5.30. The number of thiazole rings is 1. The lowest BCUT2D eigenvalue weighted by atomic mass is 10.2. The van der Waals surface area contributed by atoms with Gasteiger partial charge in [0.25, 0.3) is 0 Å². The molecule has 8 heteroatoms. The minimum atomic E-state index is 0. The second kappa shape index (κ2) is 10.1. The van der Waals surface area contributed by atoms with E-state index in [1.54, 1.807) is 18.4 Å². The average molecular weight is 489 g/mol. The van der Waals surface area contributed by atoms with Crippen molar-refractivity contribution in [3.8, 4) is 0 Å². The normalized spacial score (nSPS) is 15.7.